The van der Waals surface area contributed by atoms with Crippen LogP contribution in [-0.2, 0) is 0 Å². The molecule has 3 aromatic rings. The van der Waals surface area contributed by atoms with Gasteiger partial charge >= 0.3 is 0 Å². The van der Waals surface area contributed by atoms with Crippen molar-refractivity contribution in [3.05, 3.63) is 65.9 Å². The Morgan fingerprint density at radius 3 is 2.73 bits per heavy atom. The fraction of sp³-hybridized carbons (Fsp3) is 0.111. The standard InChI is InChI=1S/C18H16N2O2/c1-12-7-10-17(22-2)16(11-12)20-18(21)15-9-8-13-5-3-4-6-14(13)19-15/h3-11H,1-2H3,(H,20,21). The van der Waals surface area contributed by atoms with Crippen molar-refractivity contribution >= 4 is 22.5 Å². The number of nitrogens with one attached hydrogen (secondary N) is 1. The number of anilines is 1. The van der Waals surface area contributed by atoms with Gasteiger partial charge in [0.15, 0.2) is 0 Å². The summed E-state index contributed by atoms with van der Waals surface area (Å²) in [7, 11) is 1.58. The van der Waals surface area contributed by atoms with Gasteiger partial charge in [0, 0.05) is 5.39 Å². The molecule has 4 heteroatoms. The van der Waals surface area contributed by atoms with E-state index in [9.17, 15) is 4.79 Å². The lowest BCUT2D eigenvalue weighted by atomic mass is 10.2. The second-order valence-corrected chi connectivity index (χ2v) is 5.05. The van der Waals surface area contributed by atoms with Crippen LogP contribution in [-0.4, -0.2) is 18.0 Å². The van der Waals surface area contributed by atoms with Crippen LogP contribution in [0.2, 0.25) is 0 Å². The van der Waals surface area contributed by atoms with Crippen molar-refractivity contribution in [3.63, 3.8) is 0 Å². The summed E-state index contributed by atoms with van der Waals surface area (Å²) in [4.78, 5) is 16.8. The van der Waals surface area contributed by atoms with Crippen molar-refractivity contribution in [2.75, 3.05) is 12.4 Å². The molecule has 1 amide bonds. The molecule has 0 aliphatic carbocycles. The smallest absolute Gasteiger partial charge is 0.274 e. The minimum Gasteiger partial charge on any atom is -0.495 e. The molecule has 2 aromatic carbocycles. The average Bonchev–Trinajstić information content (AvgIpc) is 2.54. The number of hydrogen-bond acceptors (Lipinski definition) is 3. The lowest BCUT2D eigenvalue weighted by molar-refractivity contribution is 0.102. The highest BCUT2D eigenvalue weighted by Gasteiger charge is 2.11. The summed E-state index contributed by atoms with van der Waals surface area (Å²) in [5.41, 5.74) is 2.86. The van der Waals surface area contributed by atoms with E-state index in [1.807, 2.05) is 55.5 Å². The number of fused-ring (bicyclic) bond motifs is 1. The molecule has 22 heavy (non-hydrogen) atoms. The lowest BCUT2D eigenvalue weighted by Crippen LogP contribution is -2.14. The molecule has 0 fully saturated rings. The van der Waals surface area contributed by atoms with Crippen molar-refractivity contribution in [2.45, 2.75) is 6.92 Å². The Hall–Kier alpha value is -2.88. The number of amides is 1. The number of methoxy groups -OCH3 is 1. The first-order chi connectivity index (χ1) is 10.7. The molecule has 0 saturated carbocycles. The molecule has 0 atom stereocenters. The molecule has 0 spiro atoms. The summed E-state index contributed by atoms with van der Waals surface area (Å²) in [5.74, 6) is 0.370. The molecule has 0 radical (unpaired) electrons. The van der Waals surface area contributed by atoms with Crippen molar-refractivity contribution in [3.8, 4) is 5.75 Å². The van der Waals surface area contributed by atoms with Crippen LogP contribution in [0.1, 0.15) is 16.1 Å². The van der Waals surface area contributed by atoms with E-state index in [2.05, 4.69) is 10.3 Å². The number of carbonyl (C=O) groups excluding carboxylic acids is 1. The van der Waals surface area contributed by atoms with E-state index in [0.717, 1.165) is 16.5 Å². The van der Waals surface area contributed by atoms with Gasteiger partial charge in [-0.1, -0.05) is 30.3 Å². The van der Waals surface area contributed by atoms with Gasteiger partial charge in [0.2, 0.25) is 0 Å². The van der Waals surface area contributed by atoms with Gasteiger partial charge in [-0.05, 0) is 36.8 Å². The molecule has 0 saturated heterocycles. The van der Waals surface area contributed by atoms with Crippen LogP contribution >= 0.6 is 0 Å². The zero-order valence-electron chi connectivity index (χ0n) is 12.5. The van der Waals surface area contributed by atoms with Gasteiger partial charge in [0.25, 0.3) is 5.91 Å². The zero-order valence-corrected chi connectivity index (χ0v) is 12.5. The number of aromatic nitrogens is 1. The highest BCUT2D eigenvalue weighted by Crippen LogP contribution is 2.25. The average molecular weight is 292 g/mol. The molecule has 1 aromatic heterocycles. The highest BCUT2D eigenvalue weighted by molar-refractivity contribution is 6.04. The van der Waals surface area contributed by atoms with Crippen molar-refractivity contribution in [1.82, 2.24) is 4.98 Å². The van der Waals surface area contributed by atoms with Crippen LogP contribution < -0.4 is 10.1 Å². The Kier molecular flexibility index (Phi) is 3.74. The quantitative estimate of drug-likeness (QED) is 0.798. The third kappa shape index (κ3) is 2.76. The first-order valence-corrected chi connectivity index (χ1v) is 6.99. The number of carbonyl (C=O) groups is 1. The van der Waals surface area contributed by atoms with E-state index >= 15 is 0 Å². The van der Waals surface area contributed by atoms with Crippen molar-refractivity contribution in [1.29, 1.82) is 0 Å². The fourth-order valence-electron chi connectivity index (χ4n) is 2.30. The van der Waals surface area contributed by atoms with E-state index in [1.54, 1.807) is 13.2 Å². The molecule has 0 bridgehead atoms. The molecule has 0 aliphatic rings. The number of pyridine rings is 1. The minimum absolute atomic E-state index is 0.255. The molecule has 0 unspecified atom stereocenters. The van der Waals surface area contributed by atoms with Gasteiger partial charge in [-0.25, -0.2) is 4.98 Å². The SMILES string of the molecule is COc1ccc(C)cc1NC(=O)c1ccc2ccccc2n1. The van der Waals surface area contributed by atoms with E-state index < -0.39 is 0 Å². The molecule has 3 rings (SSSR count). The van der Waals surface area contributed by atoms with Crippen LogP contribution in [0.4, 0.5) is 5.69 Å². The summed E-state index contributed by atoms with van der Waals surface area (Å²) in [6.07, 6.45) is 0. The summed E-state index contributed by atoms with van der Waals surface area (Å²) in [6, 6.07) is 17.0. The maximum absolute atomic E-state index is 12.4. The van der Waals surface area contributed by atoms with E-state index in [-0.39, 0.29) is 5.91 Å². The largest absolute Gasteiger partial charge is 0.495 e. The fourth-order valence-corrected chi connectivity index (χ4v) is 2.30. The van der Waals surface area contributed by atoms with Crippen LogP contribution in [0.15, 0.2) is 54.6 Å². The van der Waals surface area contributed by atoms with Gasteiger partial charge in [-0.3, -0.25) is 4.79 Å². The normalized spacial score (nSPS) is 10.5. The number of nitrogens with zero attached hydrogens (tertiary/aromatic N) is 1. The molecular weight excluding hydrogens is 276 g/mol. The number of hydrogen-bond donors (Lipinski definition) is 1. The molecular formula is C18H16N2O2. The van der Waals surface area contributed by atoms with E-state index in [0.29, 0.717) is 17.1 Å². The van der Waals surface area contributed by atoms with Gasteiger partial charge in [-0.2, -0.15) is 0 Å². The Bertz CT molecular complexity index is 843. The predicted octanol–water partition coefficient (Wildman–Crippen LogP) is 3.80. The Morgan fingerprint density at radius 1 is 1.09 bits per heavy atom. The lowest BCUT2D eigenvalue weighted by Gasteiger charge is -2.11. The van der Waals surface area contributed by atoms with Crippen LogP contribution in [0.25, 0.3) is 10.9 Å². The van der Waals surface area contributed by atoms with Gasteiger partial charge in [-0.15, -0.1) is 0 Å². The van der Waals surface area contributed by atoms with Gasteiger partial charge < -0.3 is 10.1 Å². The Labute approximate surface area is 128 Å². The maximum Gasteiger partial charge on any atom is 0.274 e. The molecule has 1 heterocycles. The summed E-state index contributed by atoms with van der Waals surface area (Å²) in [5, 5.41) is 3.86. The van der Waals surface area contributed by atoms with Crippen molar-refractivity contribution in [2.24, 2.45) is 0 Å². The number of aryl methyl sites for hydroxylation is 1. The van der Waals surface area contributed by atoms with Crippen molar-refractivity contribution < 1.29 is 9.53 Å². The Morgan fingerprint density at radius 2 is 1.91 bits per heavy atom. The van der Waals surface area contributed by atoms with E-state index in [4.69, 9.17) is 4.74 Å². The first kappa shape index (κ1) is 14.1. The molecule has 110 valence electrons. The van der Waals surface area contributed by atoms with Crippen LogP contribution in [0.3, 0.4) is 0 Å². The Balaban J connectivity index is 1.91. The summed E-state index contributed by atoms with van der Waals surface area (Å²) >= 11 is 0. The molecule has 1 N–H and O–H groups in total. The number of rotatable bonds is 3. The monoisotopic (exact) mass is 292 g/mol. The topological polar surface area (TPSA) is 51.2 Å². The molecule has 4 nitrogen and oxygen atoms in total. The van der Waals surface area contributed by atoms with Crippen LogP contribution in [0.5, 0.6) is 5.75 Å². The third-order valence-electron chi connectivity index (χ3n) is 3.43. The molecule has 0 aliphatic heterocycles. The summed E-state index contributed by atoms with van der Waals surface area (Å²) < 4.78 is 5.27. The van der Waals surface area contributed by atoms with E-state index in [1.165, 1.54) is 0 Å². The minimum atomic E-state index is -0.255. The second-order valence-electron chi connectivity index (χ2n) is 5.05. The number of ether oxygens (including phenoxy) is 1. The zero-order chi connectivity index (χ0) is 15.5. The number of para-hydroxylation sites is 1. The summed E-state index contributed by atoms with van der Waals surface area (Å²) in [6.45, 7) is 1.96. The van der Waals surface area contributed by atoms with Gasteiger partial charge in [0.05, 0.1) is 18.3 Å². The second kappa shape index (κ2) is 5.85. The highest BCUT2D eigenvalue weighted by atomic mass is 16.5. The number of benzene rings is 2. The maximum atomic E-state index is 12.4. The predicted molar refractivity (Wildman–Crippen MR) is 87.4 cm³/mol. The van der Waals surface area contributed by atoms with Crippen LogP contribution in [0, 0.1) is 6.92 Å². The first-order valence-electron chi connectivity index (χ1n) is 6.99. The van der Waals surface area contributed by atoms with Gasteiger partial charge in [0.1, 0.15) is 11.4 Å². The third-order valence-corrected chi connectivity index (χ3v) is 3.43.